The Labute approximate surface area is 129 Å². The van der Waals surface area contributed by atoms with Crippen LogP contribution in [-0.2, 0) is 0 Å². The molecule has 1 aromatic heterocycles. The molecule has 0 atom stereocenters. The van der Waals surface area contributed by atoms with Crippen molar-refractivity contribution in [3.8, 4) is 17.0 Å². The van der Waals surface area contributed by atoms with Gasteiger partial charge in [0.1, 0.15) is 5.75 Å². The molecule has 4 nitrogen and oxygen atoms in total. The molecular formula is C16H21N3OS. The van der Waals surface area contributed by atoms with Gasteiger partial charge in [-0.15, -0.1) is 11.3 Å². The maximum Gasteiger partial charge on any atom is 0.185 e. The Balaban J connectivity index is 1.73. The number of benzene rings is 1. The summed E-state index contributed by atoms with van der Waals surface area (Å²) in [6.45, 7) is 8.22. The summed E-state index contributed by atoms with van der Waals surface area (Å²) >= 11 is 1.72. The zero-order chi connectivity index (χ0) is 14.7. The highest BCUT2D eigenvalue weighted by Crippen LogP contribution is 2.28. The number of thiazole rings is 1. The first-order valence-electron chi connectivity index (χ1n) is 7.40. The van der Waals surface area contributed by atoms with Crippen LogP contribution in [0.5, 0.6) is 5.75 Å². The molecule has 21 heavy (non-hydrogen) atoms. The van der Waals surface area contributed by atoms with E-state index in [1.807, 2.05) is 26.0 Å². The molecule has 0 saturated carbocycles. The predicted molar refractivity (Wildman–Crippen MR) is 88.4 cm³/mol. The molecule has 1 aliphatic rings. The van der Waals surface area contributed by atoms with Crippen molar-refractivity contribution in [2.75, 3.05) is 31.1 Å². The molecule has 1 aliphatic heterocycles. The van der Waals surface area contributed by atoms with Crippen LogP contribution in [0.15, 0.2) is 29.6 Å². The molecule has 5 heteroatoms. The molecule has 0 aliphatic carbocycles. The molecule has 1 fully saturated rings. The molecule has 3 rings (SSSR count). The molecule has 1 N–H and O–H groups in total. The highest BCUT2D eigenvalue weighted by atomic mass is 32.1. The smallest absolute Gasteiger partial charge is 0.185 e. The number of nitrogens with one attached hydrogen (secondary N) is 1. The van der Waals surface area contributed by atoms with Crippen molar-refractivity contribution in [2.24, 2.45) is 0 Å². The van der Waals surface area contributed by atoms with Gasteiger partial charge in [0.05, 0.1) is 11.8 Å². The van der Waals surface area contributed by atoms with Gasteiger partial charge in [-0.1, -0.05) is 0 Å². The van der Waals surface area contributed by atoms with Crippen molar-refractivity contribution < 1.29 is 4.74 Å². The van der Waals surface area contributed by atoms with Crippen molar-refractivity contribution in [1.82, 2.24) is 10.3 Å². The van der Waals surface area contributed by atoms with Crippen LogP contribution in [0.25, 0.3) is 11.3 Å². The van der Waals surface area contributed by atoms with Gasteiger partial charge < -0.3 is 15.0 Å². The number of rotatable bonds is 4. The molecule has 0 radical (unpaired) electrons. The van der Waals surface area contributed by atoms with Crippen molar-refractivity contribution >= 4 is 16.5 Å². The third kappa shape index (κ3) is 3.54. The first kappa shape index (κ1) is 14.4. The second kappa shape index (κ2) is 6.45. The van der Waals surface area contributed by atoms with E-state index in [2.05, 4.69) is 27.7 Å². The quantitative estimate of drug-likeness (QED) is 0.942. The van der Waals surface area contributed by atoms with Gasteiger partial charge in [-0.2, -0.15) is 0 Å². The average Bonchev–Trinajstić information content (AvgIpc) is 2.98. The highest BCUT2D eigenvalue weighted by molar-refractivity contribution is 7.14. The monoisotopic (exact) mass is 303 g/mol. The maximum absolute atomic E-state index is 5.67. The number of hydrogen-bond donors (Lipinski definition) is 1. The summed E-state index contributed by atoms with van der Waals surface area (Å²) in [7, 11) is 0. The zero-order valence-electron chi connectivity index (χ0n) is 12.5. The van der Waals surface area contributed by atoms with E-state index in [-0.39, 0.29) is 6.10 Å². The lowest BCUT2D eigenvalue weighted by molar-refractivity contribution is 0.242. The summed E-state index contributed by atoms with van der Waals surface area (Å²) in [5.41, 5.74) is 2.19. The first-order valence-corrected chi connectivity index (χ1v) is 8.28. The van der Waals surface area contributed by atoms with Gasteiger partial charge in [-0.05, 0) is 38.1 Å². The third-order valence-corrected chi connectivity index (χ3v) is 4.30. The second-order valence-corrected chi connectivity index (χ2v) is 6.28. The normalized spacial score (nSPS) is 15.5. The lowest BCUT2D eigenvalue weighted by atomic mass is 10.2. The van der Waals surface area contributed by atoms with E-state index < -0.39 is 0 Å². The predicted octanol–water partition coefficient (Wildman–Crippen LogP) is 3.01. The largest absolute Gasteiger partial charge is 0.491 e. The number of piperazine rings is 1. The van der Waals surface area contributed by atoms with Gasteiger partial charge in [-0.3, -0.25) is 0 Å². The molecule has 2 aromatic rings. The minimum Gasteiger partial charge on any atom is -0.491 e. The summed E-state index contributed by atoms with van der Waals surface area (Å²) < 4.78 is 5.67. The molecular weight excluding hydrogens is 282 g/mol. The van der Waals surface area contributed by atoms with E-state index in [1.165, 1.54) is 0 Å². The van der Waals surface area contributed by atoms with E-state index in [9.17, 15) is 0 Å². The SMILES string of the molecule is CC(C)Oc1ccc(-c2csc(N3CCNCC3)n2)cc1. The zero-order valence-corrected chi connectivity index (χ0v) is 13.3. The van der Waals surface area contributed by atoms with Gasteiger partial charge in [0.2, 0.25) is 0 Å². The highest BCUT2D eigenvalue weighted by Gasteiger charge is 2.14. The fourth-order valence-electron chi connectivity index (χ4n) is 2.37. The number of hydrogen-bond acceptors (Lipinski definition) is 5. The lowest BCUT2D eigenvalue weighted by Crippen LogP contribution is -2.43. The average molecular weight is 303 g/mol. The molecule has 0 unspecified atom stereocenters. The van der Waals surface area contributed by atoms with Crippen LogP contribution in [0, 0.1) is 0 Å². The van der Waals surface area contributed by atoms with E-state index in [0.717, 1.165) is 48.3 Å². The molecule has 0 spiro atoms. The van der Waals surface area contributed by atoms with Crippen molar-refractivity contribution in [1.29, 1.82) is 0 Å². The first-order chi connectivity index (χ1) is 10.2. The van der Waals surface area contributed by atoms with E-state index in [1.54, 1.807) is 11.3 Å². The standard InChI is InChI=1S/C16H21N3OS/c1-12(2)20-14-5-3-13(4-6-14)15-11-21-16(18-15)19-9-7-17-8-10-19/h3-6,11-12,17H,7-10H2,1-2H3. The van der Waals surface area contributed by atoms with Crippen LogP contribution in [0.2, 0.25) is 0 Å². The number of aromatic nitrogens is 1. The van der Waals surface area contributed by atoms with Crippen LogP contribution in [-0.4, -0.2) is 37.3 Å². The van der Waals surface area contributed by atoms with Crippen molar-refractivity contribution in [3.63, 3.8) is 0 Å². The number of nitrogens with zero attached hydrogens (tertiary/aromatic N) is 2. The Morgan fingerprint density at radius 1 is 1.19 bits per heavy atom. The third-order valence-electron chi connectivity index (χ3n) is 3.40. The Hall–Kier alpha value is -1.59. The second-order valence-electron chi connectivity index (χ2n) is 5.44. The maximum atomic E-state index is 5.67. The van der Waals surface area contributed by atoms with Crippen LogP contribution in [0.4, 0.5) is 5.13 Å². The van der Waals surface area contributed by atoms with Crippen LogP contribution in [0.3, 0.4) is 0 Å². The topological polar surface area (TPSA) is 37.4 Å². The van der Waals surface area contributed by atoms with Crippen molar-refractivity contribution in [3.05, 3.63) is 29.6 Å². The summed E-state index contributed by atoms with van der Waals surface area (Å²) in [6.07, 6.45) is 0.203. The molecule has 0 bridgehead atoms. The van der Waals surface area contributed by atoms with Gasteiger partial charge in [0.15, 0.2) is 5.13 Å². The lowest BCUT2D eigenvalue weighted by Gasteiger charge is -2.26. The molecule has 112 valence electrons. The number of ether oxygens (including phenoxy) is 1. The Kier molecular flexibility index (Phi) is 4.41. The fraction of sp³-hybridized carbons (Fsp3) is 0.438. The summed E-state index contributed by atoms with van der Waals surface area (Å²) in [6, 6.07) is 8.18. The molecule has 2 heterocycles. The van der Waals surface area contributed by atoms with Crippen molar-refractivity contribution in [2.45, 2.75) is 20.0 Å². The van der Waals surface area contributed by atoms with Crippen LogP contribution in [0.1, 0.15) is 13.8 Å². The van der Waals surface area contributed by atoms with Crippen LogP contribution >= 0.6 is 11.3 Å². The van der Waals surface area contributed by atoms with E-state index in [0.29, 0.717) is 0 Å². The van der Waals surface area contributed by atoms with Gasteiger partial charge in [0.25, 0.3) is 0 Å². The Bertz CT molecular complexity index is 573. The van der Waals surface area contributed by atoms with E-state index in [4.69, 9.17) is 9.72 Å². The molecule has 1 aromatic carbocycles. The van der Waals surface area contributed by atoms with Crippen LogP contribution < -0.4 is 15.0 Å². The summed E-state index contributed by atoms with van der Waals surface area (Å²) in [4.78, 5) is 7.12. The van der Waals surface area contributed by atoms with E-state index >= 15 is 0 Å². The summed E-state index contributed by atoms with van der Waals surface area (Å²) in [5, 5.41) is 6.62. The minimum atomic E-state index is 0.203. The van der Waals surface area contributed by atoms with Gasteiger partial charge in [-0.25, -0.2) is 4.98 Å². The fourth-order valence-corrected chi connectivity index (χ4v) is 3.26. The summed E-state index contributed by atoms with van der Waals surface area (Å²) in [5.74, 6) is 0.909. The number of anilines is 1. The Morgan fingerprint density at radius 2 is 1.90 bits per heavy atom. The van der Waals surface area contributed by atoms with Gasteiger partial charge in [0, 0.05) is 37.1 Å². The molecule has 1 saturated heterocycles. The Morgan fingerprint density at radius 3 is 2.57 bits per heavy atom. The van der Waals surface area contributed by atoms with Gasteiger partial charge >= 0.3 is 0 Å². The molecule has 0 amide bonds. The minimum absolute atomic E-state index is 0.203.